The van der Waals surface area contributed by atoms with Gasteiger partial charge in [-0.1, -0.05) is 20.8 Å². The summed E-state index contributed by atoms with van der Waals surface area (Å²) < 4.78 is 5.91. The van der Waals surface area contributed by atoms with Gasteiger partial charge in [0.25, 0.3) is 0 Å². The van der Waals surface area contributed by atoms with Gasteiger partial charge in [0.15, 0.2) is 0 Å². The summed E-state index contributed by atoms with van der Waals surface area (Å²) in [6.07, 6.45) is 4.30. The van der Waals surface area contributed by atoms with Gasteiger partial charge in [0.1, 0.15) is 0 Å². The summed E-state index contributed by atoms with van der Waals surface area (Å²) in [7, 11) is 0. The molecule has 2 aliphatic heterocycles. The third kappa shape index (κ3) is 3.69. The fourth-order valence-electron chi connectivity index (χ4n) is 3.25. The zero-order chi connectivity index (χ0) is 13.2. The van der Waals surface area contributed by atoms with Gasteiger partial charge in [-0.3, -0.25) is 4.90 Å². The molecule has 0 spiro atoms. The van der Waals surface area contributed by atoms with E-state index in [1.807, 2.05) is 0 Å². The van der Waals surface area contributed by atoms with Crippen molar-refractivity contribution < 1.29 is 4.74 Å². The van der Waals surface area contributed by atoms with Gasteiger partial charge in [-0.05, 0) is 31.6 Å². The third-order valence-electron chi connectivity index (χ3n) is 4.32. The second-order valence-electron chi connectivity index (χ2n) is 7.13. The van der Waals surface area contributed by atoms with Crippen LogP contribution < -0.4 is 5.32 Å². The fraction of sp³-hybridized carbons (Fsp3) is 1.00. The molecule has 2 heterocycles. The molecular formula is C15H30N2O. The number of hydrogen-bond acceptors (Lipinski definition) is 3. The van der Waals surface area contributed by atoms with Crippen LogP contribution in [0.15, 0.2) is 0 Å². The Morgan fingerprint density at radius 3 is 2.67 bits per heavy atom. The van der Waals surface area contributed by atoms with Crippen LogP contribution in [0.3, 0.4) is 0 Å². The van der Waals surface area contributed by atoms with E-state index in [4.69, 9.17) is 4.74 Å². The van der Waals surface area contributed by atoms with E-state index in [1.165, 1.54) is 19.3 Å². The van der Waals surface area contributed by atoms with Crippen molar-refractivity contribution in [3.8, 4) is 0 Å². The number of nitrogens with one attached hydrogen (secondary N) is 1. The first-order valence-corrected chi connectivity index (χ1v) is 7.56. The van der Waals surface area contributed by atoms with Crippen LogP contribution >= 0.6 is 0 Å². The molecule has 2 rings (SSSR count). The number of piperazine rings is 1. The van der Waals surface area contributed by atoms with Gasteiger partial charge in [-0.25, -0.2) is 0 Å². The highest BCUT2D eigenvalue weighted by Crippen LogP contribution is 2.27. The molecule has 3 unspecified atom stereocenters. The molecule has 3 atom stereocenters. The lowest BCUT2D eigenvalue weighted by molar-refractivity contribution is -0.0355. The smallest absolute Gasteiger partial charge is 0.0702 e. The Hall–Kier alpha value is -0.120. The molecule has 0 bridgehead atoms. The minimum atomic E-state index is 0.335. The first-order valence-electron chi connectivity index (χ1n) is 7.56. The van der Waals surface area contributed by atoms with Crippen LogP contribution in [0.2, 0.25) is 0 Å². The van der Waals surface area contributed by atoms with Crippen molar-refractivity contribution in [3.63, 3.8) is 0 Å². The predicted molar refractivity (Wildman–Crippen MR) is 75.9 cm³/mol. The number of nitrogens with zero attached hydrogens (tertiary/aromatic N) is 1. The Morgan fingerprint density at radius 2 is 2.06 bits per heavy atom. The van der Waals surface area contributed by atoms with Gasteiger partial charge in [0.2, 0.25) is 0 Å². The predicted octanol–water partition coefficient (Wildman–Crippen LogP) is 2.26. The standard InChI is InChI=1S/C15H30N2O/c1-12-10-17(11-13-7-5-6-8-18-13)14(9-16-12)15(2,3)4/h12-14,16H,5-11H2,1-4H3. The second-order valence-corrected chi connectivity index (χ2v) is 7.13. The van der Waals surface area contributed by atoms with E-state index in [2.05, 4.69) is 37.9 Å². The molecule has 3 heteroatoms. The van der Waals surface area contributed by atoms with Gasteiger partial charge >= 0.3 is 0 Å². The molecule has 0 aliphatic carbocycles. The zero-order valence-electron chi connectivity index (χ0n) is 12.5. The maximum atomic E-state index is 5.91. The number of ether oxygens (including phenoxy) is 1. The zero-order valence-corrected chi connectivity index (χ0v) is 12.5. The van der Waals surface area contributed by atoms with Gasteiger partial charge in [0, 0.05) is 38.3 Å². The Morgan fingerprint density at radius 1 is 1.28 bits per heavy atom. The quantitative estimate of drug-likeness (QED) is 0.818. The molecule has 2 saturated heterocycles. The van der Waals surface area contributed by atoms with Gasteiger partial charge in [-0.15, -0.1) is 0 Å². The Kier molecular flexibility index (Phi) is 4.68. The van der Waals surface area contributed by atoms with Crippen LogP contribution in [0.1, 0.15) is 47.0 Å². The van der Waals surface area contributed by atoms with Crippen LogP contribution in [-0.2, 0) is 4.74 Å². The molecule has 0 radical (unpaired) electrons. The fourth-order valence-corrected chi connectivity index (χ4v) is 3.25. The third-order valence-corrected chi connectivity index (χ3v) is 4.32. The Labute approximate surface area is 112 Å². The highest BCUT2D eigenvalue weighted by molar-refractivity contribution is 4.92. The van der Waals surface area contributed by atoms with Crippen LogP contribution in [0.4, 0.5) is 0 Å². The average Bonchev–Trinajstić information content (AvgIpc) is 2.28. The monoisotopic (exact) mass is 254 g/mol. The molecule has 18 heavy (non-hydrogen) atoms. The minimum Gasteiger partial charge on any atom is -0.377 e. The topological polar surface area (TPSA) is 24.5 Å². The molecule has 1 N–H and O–H groups in total. The van der Waals surface area contributed by atoms with Crippen molar-refractivity contribution in [2.75, 3.05) is 26.2 Å². The summed E-state index contributed by atoms with van der Waals surface area (Å²) in [4.78, 5) is 2.66. The van der Waals surface area contributed by atoms with Gasteiger partial charge in [0.05, 0.1) is 6.10 Å². The lowest BCUT2D eigenvalue weighted by Crippen LogP contribution is -2.61. The van der Waals surface area contributed by atoms with Crippen molar-refractivity contribution in [2.45, 2.75) is 65.1 Å². The lowest BCUT2D eigenvalue weighted by atomic mass is 9.83. The molecule has 0 aromatic heterocycles. The molecule has 0 amide bonds. The summed E-state index contributed by atoms with van der Waals surface area (Å²) in [5.74, 6) is 0. The molecule has 106 valence electrons. The van der Waals surface area contributed by atoms with E-state index in [1.54, 1.807) is 0 Å². The van der Waals surface area contributed by atoms with E-state index < -0.39 is 0 Å². The van der Waals surface area contributed by atoms with E-state index in [9.17, 15) is 0 Å². The summed E-state index contributed by atoms with van der Waals surface area (Å²) in [6, 6.07) is 1.23. The summed E-state index contributed by atoms with van der Waals surface area (Å²) in [5.41, 5.74) is 0.335. The second kappa shape index (κ2) is 5.89. The molecule has 3 nitrogen and oxygen atoms in total. The summed E-state index contributed by atoms with van der Waals surface area (Å²) in [5, 5.41) is 3.62. The van der Waals surface area contributed by atoms with Crippen molar-refractivity contribution in [2.24, 2.45) is 5.41 Å². The van der Waals surface area contributed by atoms with Crippen molar-refractivity contribution in [1.29, 1.82) is 0 Å². The van der Waals surface area contributed by atoms with Crippen LogP contribution in [0.25, 0.3) is 0 Å². The average molecular weight is 254 g/mol. The lowest BCUT2D eigenvalue weighted by Gasteiger charge is -2.47. The van der Waals surface area contributed by atoms with E-state index in [-0.39, 0.29) is 0 Å². The van der Waals surface area contributed by atoms with Crippen molar-refractivity contribution in [1.82, 2.24) is 10.2 Å². The summed E-state index contributed by atoms with van der Waals surface area (Å²) >= 11 is 0. The van der Waals surface area contributed by atoms with Crippen LogP contribution in [-0.4, -0.2) is 49.3 Å². The minimum absolute atomic E-state index is 0.335. The maximum Gasteiger partial charge on any atom is 0.0702 e. The van der Waals surface area contributed by atoms with Crippen molar-refractivity contribution in [3.05, 3.63) is 0 Å². The Balaban J connectivity index is 1.96. The molecule has 2 fully saturated rings. The highest BCUT2D eigenvalue weighted by atomic mass is 16.5. The van der Waals surface area contributed by atoms with Crippen molar-refractivity contribution >= 4 is 0 Å². The molecule has 0 saturated carbocycles. The number of rotatable bonds is 2. The molecule has 2 aliphatic rings. The van der Waals surface area contributed by atoms with Gasteiger partial charge in [-0.2, -0.15) is 0 Å². The molecular weight excluding hydrogens is 224 g/mol. The van der Waals surface area contributed by atoms with E-state index in [0.29, 0.717) is 23.6 Å². The molecule has 0 aromatic carbocycles. The maximum absolute atomic E-state index is 5.91. The van der Waals surface area contributed by atoms with E-state index in [0.717, 1.165) is 26.2 Å². The van der Waals surface area contributed by atoms with Crippen LogP contribution in [0, 0.1) is 5.41 Å². The van der Waals surface area contributed by atoms with Gasteiger partial charge < -0.3 is 10.1 Å². The largest absolute Gasteiger partial charge is 0.377 e. The summed E-state index contributed by atoms with van der Waals surface area (Å²) in [6.45, 7) is 13.7. The highest BCUT2D eigenvalue weighted by Gasteiger charge is 2.35. The normalized spacial score (nSPS) is 35.7. The first kappa shape index (κ1) is 14.3. The Bertz CT molecular complexity index is 256. The van der Waals surface area contributed by atoms with Crippen LogP contribution in [0.5, 0.6) is 0 Å². The van der Waals surface area contributed by atoms with E-state index >= 15 is 0 Å². The SMILES string of the molecule is CC1CN(CC2CCCCO2)C(C(C)(C)C)CN1. The number of hydrogen-bond donors (Lipinski definition) is 1. The first-order chi connectivity index (χ1) is 8.47. The molecule has 0 aromatic rings.